The van der Waals surface area contributed by atoms with Crippen LogP contribution in [0.15, 0.2) is 68.8 Å². The number of nitrogens with one attached hydrogen (secondary N) is 1. The van der Waals surface area contributed by atoms with Crippen LogP contribution >= 0.6 is 0 Å². The molecular formula is C22H20N2O4. The average molecular weight is 376 g/mol. The van der Waals surface area contributed by atoms with Gasteiger partial charge < -0.3 is 19.6 Å². The number of aryl methyl sites for hydroxylation is 1. The van der Waals surface area contributed by atoms with Crippen LogP contribution < -0.4 is 15.7 Å². The van der Waals surface area contributed by atoms with E-state index in [4.69, 9.17) is 9.15 Å². The lowest BCUT2D eigenvalue weighted by atomic mass is 9.97. The number of aliphatic imine (C=N–C) groups is 1. The fourth-order valence-corrected chi connectivity index (χ4v) is 3.37. The standard InChI is InChI=1S/C22H20N2O4/c1-13-11-20(25)21(22(26)28-13)19-12-18(14-7-9-15(27-2)10-8-14)23-16-5-3-4-6-17(16)24-19/h3-11,18,23,25H,12H2,1-2H3. The van der Waals surface area contributed by atoms with Crippen molar-refractivity contribution >= 4 is 17.1 Å². The van der Waals surface area contributed by atoms with Crippen LogP contribution in [0.3, 0.4) is 0 Å². The molecule has 3 aromatic rings. The molecule has 0 bridgehead atoms. The molecule has 0 fully saturated rings. The number of anilines is 1. The van der Waals surface area contributed by atoms with Gasteiger partial charge >= 0.3 is 5.63 Å². The zero-order valence-electron chi connectivity index (χ0n) is 15.6. The second kappa shape index (κ2) is 7.23. The molecule has 1 aromatic heterocycles. The Balaban J connectivity index is 1.83. The Bertz CT molecular complexity index is 1100. The summed E-state index contributed by atoms with van der Waals surface area (Å²) in [5.74, 6) is 0.995. The molecule has 0 amide bonds. The normalized spacial score (nSPS) is 15.8. The maximum atomic E-state index is 12.5. The van der Waals surface area contributed by atoms with Crippen LogP contribution in [-0.4, -0.2) is 17.9 Å². The summed E-state index contributed by atoms with van der Waals surface area (Å²) in [5, 5.41) is 13.9. The van der Waals surface area contributed by atoms with Gasteiger partial charge in [0.1, 0.15) is 22.8 Å². The second-order valence-electron chi connectivity index (χ2n) is 6.65. The number of rotatable bonds is 3. The monoisotopic (exact) mass is 376 g/mol. The minimum absolute atomic E-state index is 0.0996. The minimum atomic E-state index is -0.593. The second-order valence-corrected chi connectivity index (χ2v) is 6.65. The molecule has 28 heavy (non-hydrogen) atoms. The molecule has 4 rings (SSSR count). The Labute approximate surface area is 162 Å². The lowest BCUT2D eigenvalue weighted by Gasteiger charge is -2.19. The van der Waals surface area contributed by atoms with Gasteiger partial charge in [-0.3, -0.25) is 4.99 Å². The molecule has 0 radical (unpaired) electrons. The van der Waals surface area contributed by atoms with Crippen LogP contribution in [0.25, 0.3) is 0 Å². The Morgan fingerprint density at radius 1 is 1.18 bits per heavy atom. The Morgan fingerprint density at radius 3 is 2.64 bits per heavy atom. The van der Waals surface area contributed by atoms with Crippen LogP contribution in [0.4, 0.5) is 11.4 Å². The van der Waals surface area contributed by atoms with Crippen molar-refractivity contribution in [2.24, 2.45) is 4.99 Å². The van der Waals surface area contributed by atoms with E-state index < -0.39 is 5.63 Å². The molecule has 2 N–H and O–H groups in total. The van der Waals surface area contributed by atoms with Crippen molar-refractivity contribution in [3.8, 4) is 11.5 Å². The summed E-state index contributed by atoms with van der Waals surface area (Å²) in [7, 11) is 1.62. The first-order valence-electron chi connectivity index (χ1n) is 8.96. The largest absolute Gasteiger partial charge is 0.507 e. The number of hydrogen-bond donors (Lipinski definition) is 2. The highest BCUT2D eigenvalue weighted by molar-refractivity contribution is 6.05. The molecule has 0 spiro atoms. The van der Waals surface area contributed by atoms with Gasteiger partial charge in [0.05, 0.1) is 30.2 Å². The number of benzene rings is 2. The molecule has 0 aliphatic carbocycles. The predicted octanol–water partition coefficient (Wildman–Crippen LogP) is 4.34. The number of nitrogens with zero attached hydrogens (tertiary/aromatic N) is 1. The highest BCUT2D eigenvalue weighted by Gasteiger charge is 2.25. The van der Waals surface area contributed by atoms with E-state index in [-0.39, 0.29) is 17.4 Å². The Kier molecular flexibility index (Phi) is 4.61. The Morgan fingerprint density at radius 2 is 1.93 bits per heavy atom. The third kappa shape index (κ3) is 3.36. The number of aromatic hydroxyl groups is 1. The van der Waals surface area contributed by atoms with Gasteiger partial charge in [0.15, 0.2) is 0 Å². The molecule has 142 valence electrons. The van der Waals surface area contributed by atoms with Gasteiger partial charge in [-0.2, -0.15) is 0 Å². The SMILES string of the molecule is COc1ccc(C2CC(c3c(O)cc(C)oc3=O)=Nc3ccccc3N2)cc1. The van der Waals surface area contributed by atoms with Gasteiger partial charge in [-0.05, 0) is 36.8 Å². The van der Waals surface area contributed by atoms with Crippen molar-refractivity contribution in [1.29, 1.82) is 0 Å². The predicted molar refractivity (Wildman–Crippen MR) is 108 cm³/mol. The van der Waals surface area contributed by atoms with Crippen LogP contribution in [0.5, 0.6) is 11.5 Å². The molecule has 6 heteroatoms. The zero-order chi connectivity index (χ0) is 19.7. The van der Waals surface area contributed by atoms with Crippen LogP contribution in [-0.2, 0) is 0 Å². The van der Waals surface area contributed by atoms with Gasteiger partial charge in [0.25, 0.3) is 0 Å². The highest BCUT2D eigenvalue weighted by atomic mass is 16.5. The number of para-hydroxylation sites is 2. The molecular weight excluding hydrogens is 356 g/mol. The van der Waals surface area contributed by atoms with E-state index in [1.807, 2.05) is 48.5 Å². The third-order valence-electron chi connectivity index (χ3n) is 4.75. The topological polar surface area (TPSA) is 84.1 Å². The van der Waals surface area contributed by atoms with E-state index in [0.717, 1.165) is 17.0 Å². The van der Waals surface area contributed by atoms with Crippen molar-refractivity contribution in [3.63, 3.8) is 0 Å². The molecule has 2 aromatic carbocycles. The lowest BCUT2D eigenvalue weighted by Crippen LogP contribution is -2.19. The van der Waals surface area contributed by atoms with Gasteiger partial charge in [-0.25, -0.2) is 4.79 Å². The van der Waals surface area contributed by atoms with E-state index in [2.05, 4.69) is 10.3 Å². The number of ether oxygens (including phenoxy) is 1. The van der Waals surface area contributed by atoms with Crippen molar-refractivity contribution in [2.45, 2.75) is 19.4 Å². The van der Waals surface area contributed by atoms with Crippen molar-refractivity contribution < 1.29 is 14.3 Å². The molecule has 1 aliphatic heterocycles. The molecule has 2 heterocycles. The smallest absolute Gasteiger partial charge is 0.348 e. The molecule has 1 unspecified atom stereocenters. The average Bonchev–Trinajstić information content (AvgIpc) is 2.87. The van der Waals surface area contributed by atoms with E-state index >= 15 is 0 Å². The van der Waals surface area contributed by atoms with Crippen LogP contribution in [0.2, 0.25) is 0 Å². The molecule has 1 aliphatic rings. The molecule has 6 nitrogen and oxygen atoms in total. The Hall–Kier alpha value is -3.54. The first kappa shape index (κ1) is 17.9. The fourth-order valence-electron chi connectivity index (χ4n) is 3.37. The van der Waals surface area contributed by atoms with E-state index in [1.165, 1.54) is 6.07 Å². The highest BCUT2D eigenvalue weighted by Crippen LogP contribution is 2.36. The summed E-state index contributed by atoms with van der Waals surface area (Å²) in [6.07, 6.45) is 0.405. The van der Waals surface area contributed by atoms with Gasteiger partial charge in [-0.1, -0.05) is 24.3 Å². The number of methoxy groups -OCH3 is 1. The number of hydrogen-bond acceptors (Lipinski definition) is 6. The van der Waals surface area contributed by atoms with Gasteiger partial charge in [0, 0.05) is 12.5 Å². The number of fused-ring (bicyclic) bond motifs is 1. The van der Waals surface area contributed by atoms with Gasteiger partial charge in [-0.15, -0.1) is 0 Å². The first-order chi connectivity index (χ1) is 13.5. The van der Waals surface area contributed by atoms with E-state index in [1.54, 1.807) is 14.0 Å². The zero-order valence-corrected chi connectivity index (χ0v) is 15.6. The maximum absolute atomic E-state index is 12.5. The van der Waals surface area contributed by atoms with Crippen molar-refractivity contribution in [2.75, 3.05) is 12.4 Å². The summed E-state index contributed by atoms with van der Waals surface area (Å²) in [6.45, 7) is 1.62. The van der Waals surface area contributed by atoms with Gasteiger partial charge in [0.2, 0.25) is 0 Å². The van der Waals surface area contributed by atoms with Crippen molar-refractivity contribution in [1.82, 2.24) is 0 Å². The van der Waals surface area contributed by atoms with Crippen molar-refractivity contribution in [3.05, 3.63) is 81.9 Å². The minimum Gasteiger partial charge on any atom is -0.507 e. The summed E-state index contributed by atoms with van der Waals surface area (Å²) < 4.78 is 10.4. The molecule has 1 atom stereocenters. The summed E-state index contributed by atoms with van der Waals surface area (Å²) in [6, 6.07) is 16.6. The molecule has 0 saturated heterocycles. The maximum Gasteiger partial charge on any atom is 0.348 e. The summed E-state index contributed by atoms with van der Waals surface area (Å²) in [5.41, 5.74) is 2.56. The van der Waals surface area contributed by atoms with Crippen LogP contribution in [0.1, 0.15) is 29.3 Å². The first-order valence-corrected chi connectivity index (χ1v) is 8.96. The molecule has 0 saturated carbocycles. The van der Waals surface area contributed by atoms with E-state index in [9.17, 15) is 9.90 Å². The third-order valence-corrected chi connectivity index (χ3v) is 4.75. The summed E-state index contributed by atoms with van der Waals surface area (Å²) in [4.78, 5) is 17.1. The summed E-state index contributed by atoms with van der Waals surface area (Å²) >= 11 is 0. The fraction of sp³-hybridized carbons (Fsp3) is 0.182. The lowest BCUT2D eigenvalue weighted by molar-refractivity contribution is 0.414. The quantitative estimate of drug-likeness (QED) is 0.710. The van der Waals surface area contributed by atoms with Crippen LogP contribution in [0, 0.1) is 6.92 Å². The van der Waals surface area contributed by atoms with E-state index in [0.29, 0.717) is 23.6 Å².